The van der Waals surface area contributed by atoms with Gasteiger partial charge in [0, 0.05) is 30.1 Å². The molecule has 2 aromatic heterocycles. The molecule has 8 rings (SSSR count). The Kier molecular flexibility index (Phi) is 7.96. The maximum atomic E-state index is 17.3. The van der Waals surface area contributed by atoms with Crippen LogP contribution in [0.2, 0.25) is 5.02 Å². The molecule has 6 heterocycles. The fourth-order valence-corrected chi connectivity index (χ4v) is 9.00. The van der Waals surface area contributed by atoms with Gasteiger partial charge in [-0.2, -0.15) is 15.2 Å². The van der Waals surface area contributed by atoms with Gasteiger partial charge in [0.15, 0.2) is 11.6 Å². The van der Waals surface area contributed by atoms with Crippen LogP contribution in [-0.4, -0.2) is 97.5 Å². The van der Waals surface area contributed by atoms with E-state index < -0.39 is 11.6 Å². The van der Waals surface area contributed by atoms with Crippen molar-refractivity contribution >= 4 is 54.7 Å². The van der Waals surface area contributed by atoms with E-state index in [1.807, 2.05) is 0 Å². The molecule has 14 heteroatoms. The van der Waals surface area contributed by atoms with E-state index in [1.165, 1.54) is 12.1 Å². The highest BCUT2D eigenvalue weighted by molar-refractivity contribution is 7.23. The first-order chi connectivity index (χ1) is 22.8. The molecule has 4 aromatic rings. The molecule has 2 saturated heterocycles. The number of nitrogens with zero attached hydrogens (tertiary/aromatic N) is 6. The van der Waals surface area contributed by atoms with Crippen molar-refractivity contribution in [3.05, 3.63) is 34.4 Å². The second kappa shape index (κ2) is 12.2. The third-order valence-corrected chi connectivity index (χ3v) is 11.4. The Hall–Kier alpha value is -3.54. The summed E-state index contributed by atoms with van der Waals surface area (Å²) in [6, 6.07) is 4.89. The number of aromatic nitrogens is 2. The number of nitrogens with two attached hydrogens (primary N) is 1. The maximum absolute atomic E-state index is 17.3. The van der Waals surface area contributed by atoms with E-state index in [4.69, 9.17) is 41.5 Å². The molecule has 4 aliphatic rings. The topological polar surface area (TPSA) is 113 Å². The highest BCUT2D eigenvalue weighted by Crippen LogP contribution is 2.51. The average molecular weight is 682 g/mol. The summed E-state index contributed by atoms with van der Waals surface area (Å²) in [5.41, 5.74) is 6.35. The van der Waals surface area contributed by atoms with Gasteiger partial charge in [-0.3, -0.25) is 9.80 Å². The van der Waals surface area contributed by atoms with Crippen LogP contribution in [0, 0.1) is 23.0 Å². The molecule has 4 aliphatic heterocycles. The number of ether oxygens (including phenoxy) is 3. The predicted molar refractivity (Wildman–Crippen MR) is 178 cm³/mol. The van der Waals surface area contributed by atoms with Crippen LogP contribution in [0.25, 0.3) is 32.1 Å². The van der Waals surface area contributed by atoms with Crippen molar-refractivity contribution in [2.45, 2.75) is 43.9 Å². The minimum Gasteiger partial charge on any atom is -0.489 e. The van der Waals surface area contributed by atoms with Crippen LogP contribution in [0.1, 0.15) is 31.2 Å². The number of hydrogen-bond acceptors (Lipinski definition) is 11. The molecule has 4 unspecified atom stereocenters. The van der Waals surface area contributed by atoms with Crippen LogP contribution in [0.3, 0.4) is 0 Å². The van der Waals surface area contributed by atoms with Crippen LogP contribution < -0.4 is 20.1 Å². The third-order valence-electron chi connectivity index (χ3n) is 9.99. The SMILES string of the molecule is CN1CCCC1C1CCCN2CCOCC(C2)N2CCOc3c(Cl)c(-c4ccc(F)c5sc(N)c(C#N)c45)c(F)c4nc(nc2c34)O1. The molecule has 2 fully saturated rings. The summed E-state index contributed by atoms with van der Waals surface area (Å²) in [5.74, 6) is -0.601. The predicted octanol–water partition coefficient (Wildman–Crippen LogP) is 5.43. The third kappa shape index (κ3) is 5.12. The highest BCUT2D eigenvalue weighted by atomic mass is 35.5. The molecule has 10 nitrogen and oxygen atoms in total. The monoisotopic (exact) mass is 681 g/mol. The molecule has 2 N–H and O–H groups in total. The van der Waals surface area contributed by atoms with E-state index in [0.29, 0.717) is 31.0 Å². The summed E-state index contributed by atoms with van der Waals surface area (Å²) in [7, 11) is 2.11. The van der Waals surface area contributed by atoms with E-state index >= 15 is 8.78 Å². The number of thiophene rings is 1. The van der Waals surface area contributed by atoms with Crippen molar-refractivity contribution in [1.29, 1.82) is 5.26 Å². The standard InChI is InChI=1S/C33H34ClF2N7O3S/c1-41-8-2-4-21(41)22-5-3-9-42-10-12-44-16-17(15-42)43-11-13-45-29-25-28(39-33(46-22)40-32(25)43)27(36)24(26(29)34)18-6-7-20(35)30-23(18)19(14-37)31(38)47-30/h6-7,17,21-22H,2-5,8-13,15-16,38H2,1H3. The molecule has 0 radical (unpaired) electrons. The molecule has 0 spiro atoms. The maximum Gasteiger partial charge on any atom is 0.319 e. The Morgan fingerprint density at radius 1 is 1.09 bits per heavy atom. The minimum atomic E-state index is -0.741. The highest BCUT2D eigenvalue weighted by Gasteiger charge is 2.37. The van der Waals surface area contributed by atoms with Gasteiger partial charge in [-0.05, 0) is 57.5 Å². The van der Waals surface area contributed by atoms with Crippen LogP contribution in [0.5, 0.6) is 11.8 Å². The number of nitriles is 1. The number of fused-ring (bicyclic) bond motifs is 5. The molecule has 246 valence electrons. The van der Waals surface area contributed by atoms with Gasteiger partial charge in [0.25, 0.3) is 0 Å². The summed E-state index contributed by atoms with van der Waals surface area (Å²) in [6.45, 7) is 5.26. The summed E-state index contributed by atoms with van der Waals surface area (Å²) in [4.78, 5) is 16.6. The first-order valence-corrected chi connectivity index (χ1v) is 17.2. The van der Waals surface area contributed by atoms with Gasteiger partial charge >= 0.3 is 6.01 Å². The van der Waals surface area contributed by atoms with Gasteiger partial charge in [0.2, 0.25) is 0 Å². The van der Waals surface area contributed by atoms with Crippen LogP contribution >= 0.6 is 22.9 Å². The Morgan fingerprint density at radius 3 is 2.74 bits per heavy atom. The van der Waals surface area contributed by atoms with E-state index in [1.54, 1.807) is 0 Å². The lowest BCUT2D eigenvalue weighted by atomic mass is 9.96. The average Bonchev–Trinajstić information content (AvgIpc) is 3.46. The van der Waals surface area contributed by atoms with Gasteiger partial charge in [0.05, 0.1) is 46.5 Å². The smallest absolute Gasteiger partial charge is 0.319 e. The quantitative estimate of drug-likeness (QED) is 0.294. The molecule has 47 heavy (non-hydrogen) atoms. The number of likely N-dealkylation sites (N-methyl/N-ethyl adjacent to an activating group) is 1. The molecule has 0 saturated carbocycles. The lowest BCUT2D eigenvalue weighted by Crippen LogP contribution is -2.47. The fraction of sp³-hybridized carbons (Fsp3) is 0.485. The number of hydrogen-bond donors (Lipinski definition) is 1. The van der Waals surface area contributed by atoms with Gasteiger partial charge in [-0.25, -0.2) is 8.78 Å². The molecule has 2 aromatic carbocycles. The van der Waals surface area contributed by atoms with Crippen molar-refractivity contribution < 1.29 is 23.0 Å². The molecule has 0 amide bonds. The zero-order valence-corrected chi connectivity index (χ0v) is 27.5. The second-order valence-electron chi connectivity index (χ2n) is 12.7. The van der Waals surface area contributed by atoms with Crippen molar-refractivity contribution in [2.75, 3.05) is 70.2 Å². The molecular weight excluding hydrogens is 648 g/mol. The van der Waals surface area contributed by atoms with Crippen LogP contribution in [-0.2, 0) is 4.74 Å². The number of anilines is 2. The Balaban J connectivity index is 1.39. The van der Waals surface area contributed by atoms with Crippen molar-refractivity contribution in [3.8, 4) is 29.0 Å². The van der Waals surface area contributed by atoms with Crippen molar-refractivity contribution in [3.63, 3.8) is 0 Å². The summed E-state index contributed by atoms with van der Waals surface area (Å²) >= 11 is 8.02. The largest absolute Gasteiger partial charge is 0.489 e. The van der Waals surface area contributed by atoms with Gasteiger partial charge < -0.3 is 24.8 Å². The zero-order valence-electron chi connectivity index (χ0n) is 25.9. The first kappa shape index (κ1) is 30.8. The normalized spacial score (nSPS) is 25.0. The van der Waals surface area contributed by atoms with E-state index in [9.17, 15) is 5.26 Å². The van der Waals surface area contributed by atoms with E-state index in [2.05, 4.69) is 27.8 Å². The number of halogens is 3. The zero-order chi connectivity index (χ0) is 32.4. The van der Waals surface area contributed by atoms with E-state index in [-0.39, 0.29) is 78.9 Å². The Bertz CT molecular complexity index is 1940. The number of benzene rings is 2. The Labute approximate surface area is 279 Å². The van der Waals surface area contributed by atoms with Crippen LogP contribution in [0.15, 0.2) is 12.1 Å². The summed E-state index contributed by atoms with van der Waals surface area (Å²) < 4.78 is 51.5. The number of nitrogen functional groups attached to an aromatic ring is 1. The van der Waals surface area contributed by atoms with Gasteiger partial charge in [-0.1, -0.05) is 17.7 Å². The van der Waals surface area contributed by atoms with Crippen LogP contribution in [0.4, 0.5) is 19.6 Å². The lowest BCUT2D eigenvalue weighted by molar-refractivity contribution is 0.0850. The minimum absolute atomic E-state index is 0.0118. The lowest BCUT2D eigenvalue weighted by Gasteiger charge is -2.35. The molecule has 0 aliphatic carbocycles. The fourth-order valence-electron chi connectivity index (χ4n) is 7.72. The van der Waals surface area contributed by atoms with Crippen molar-refractivity contribution in [2.24, 2.45) is 0 Å². The summed E-state index contributed by atoms with van der Waals surface area (Å²) in [5, 5.41) is 10.6. The van der Waals surface area contributed by atoms with Crippen molar-refractivity contribution in [1.82, 2.24) is 19.8 Å². The van der Waals surface area contributed by atoms with E-state index in [0.717, 1.165) is 63.2 Å². The van der Waals surface area contributed by atoms with Gasteiger partial charge in [0.1, 0.15) is 40.9 Å². The number of likely N-dealkylation sites (tertiary alicyclic amines) is 1. The molecule has 4 atom stereocenters. The second-order valence-corrected chi connectivity index (χ2v) is 14.1. The van der Waals surface area contributed by atoms with Gasteiger partial charge in [-0.15, -0.1) is 11.3 Å². The first-order valence-electron chi connectivity index (χ1n) is 16.0. The Morgan fingerprint density at radius 2 is 1.94 bits per heavy atom. The number of rotatable bonds is 2. The summed E-state index contributed by atoms with van der Waals surface area (Å²) in [6.07, 6.45) is 3.59. The molecule has 4 bridgehead atoms. The molecular formula is C33H34ClF2N7O3S.